The van der Waals surface area contributed by atoms with E-state index in [0.717, 1.165) is 143 Å². The highest BCUT2D eigenvalue weighted by atomic mass is 19.1. The minimum Gasteiger partial charge on any atom is -0.394 e. The molecule has 0 radical (unpaired) electrons. The molecular weight excluding hydrogens is 1910 g/mol. The topological polar surface area (TPSA) is 576 Å². The first kappa shape index (κ1) is 103. The van der Waals surface area contributed by atoms with Crippen molar-refractivity contribution in [2.24, 2.45) is 23.7 Å². The normalized spacial score (nSPS) is 16.3. The van der Waals surface area contributed by atoms with E-state index in [9.17, 15) is 32.8 Å². The number of fused-ring (bicyclic) bond motifs is 5. The third kappa shape index (κ3) is 24.4. The number of aromatic nitrogens is 16. The molecule has 9 atom stereocenters. The molecule has 762 valence electrons. The number of anilines is 14. The Hall–Kier alpha value is -18.7. The number of nitrogens with one attached hydrogen (secondary N) is 8. The highest BCUT2D eigenvalue weighted by Crippen LogP contribution is 2.41. The molecule has 0 bridgehead atoms. The number of carbonyl (C=O) groups excluding carboxylic acids is 5. The van der Waals surface area contributed by atoms with Gasteiger partial charge in [0.05, 0.1) is 101 Å². The number of aryl methyl sites for hydroxylation is 5. The van der Waals surface area contributed by atoms with Crippen LogP contribution in [0, 0.1) is 81.0 Å². The van der Waals surface area contributed by atoms with Crippen molar-refractivity contribution in [1.29, 1.82) is 10.5 Å². The van der Waals surface area contributed by atoms with Crippen LogP contribution in [0.3, 0.4) is 0 Å². The molecule has 19 N–H and O–H groups in total. The molecule has 16 heterocycles. The molecule has 39 nitrogen and oxygen atoms in total. The Balaban J connectivity index is 0.000000128. The second-order valence-electron chi connectivity index (χ2n) is 37.8. The number of rotatable bonds is 20. The fraction of sp³-hybridized carbons (Fsp3) is 0.257. The highest BCUT2D eigenvalue weighted by Gasteiger charge is 2.45. The molecule has 0 spiro atoms. The number of hydrogen-bond acceptors (Lipinski definition) is 29. The van der Waals surface area contributed by atoms with Gasteiger partial charge < -0.3 is 70.2 Å². The van der Waals surface area contributed by atoms with Crippen molar-refractivity contribution < 1.29 is 37.9 Å². The van der Waals surface area contributed by atoms with Crippen LogP contribution in [0.4, 0.5) is 104 Å². The monoisotopic (exact) mass is 2020 g/mol. The first-order chi connectivity index (χ1) is 72.1. The van der Waals surface area contributed by atoms with Crippen molar-refractivity contribution in [1.82, 2.24) is 84.7 Å². The van der Waals surface area contributed by atoms with Gasteiger partial charge in [0.25, 0.3) is 0 Å². The Morgan fingerprint density at radius 3 is 0.960 bits per heavy atom. The molecule has 2 aliphatic carbocycles. The van der Waals surface area contributed by atoms with Crippen LogP contribution in [-0.4, -0.2) is 166 Å². The molecule has 14 aromatic heterocycles. The van der Waals surface area contributed by atoms with Gasteiger partial charge in [-0.1, -0.05) is 86.6 Å². The SMILES string of the molecule is Cc1cc(N2CC[C@H](C)C2)ncc1-c1cc2cc(NC(=O)[C@@H]3C[C@@H]3F)ncc2c(N)n1.Cc1cc(N2CC[C@H](C)C2)ncc1-c1cc2cc(NC(=O)[C@H]3C[C@H]3F)ncc2c(N)n1.Cc1ccccc1-c1cc2cc(NC(=O)N[C@@H](C)CO)ncc2c(N)n1.Cc1ccccc1-c1cc2cc(NC(=O)Nc3cnn([C@@H](C)C#N)c3)ncc2c(N)n1.Cc1ccccc1-c1cc2cc(NC(=O)Nc3cnn([C@H](C)C#N)c3)ncc2c(N)n1. The lowest BCUT2D eigenvalue weighted by Gasteiger charge is -2.18. The number of nitriles is 2. The number of aliphatic hydroxyl groups excluding tert-OH is 1. The highest BCUT2D eigenvalue weighted by molar-refractivity contribution is 6.05. The standard InChI is InChI=1S/2C23H25FN6O.2C22H20N8O.C19H21N5O2/c2*1-12-3-4-30(11-12)21-5-13(2)16(9-27-21)19-6-14-7-20(26-10-17(14)22(25)28-19)29-23(31)15-8-18(15)24;2*1-13-5-3-4-6-17(13)19-7-15-8-20(25-11-18(15)21(24)28-19)29-22(31)27-16-10-26-30(12-16)14(2)9-23;1-11-5-3-4-6-14(11)16-7-13-8-17(21-9-15(13)18(20)23-16)24-19(26)22-12(2)10-25/h2*5-7,9-10,12,15,18H,3-4,8,11H2,1-2H3,(H2,25,28)(H,26,29,31);2*3-8,10-12,14H,1-2H3,(H2,24,28)(H2,25,27,29,31);3-9,12,25H,10H2,1-2H3,(H2,20,23)(H2,21,22,24,26)/t12-,15+,18-;12-,15-,18+;2*14-;12-/m00100/s1. The van der Waals surface area contributed by atoms with E-state index in [0.29, 0.717) is 114 Å². The van der Waals surface area contributed by atoms with Crippen LogP contribution in [-0.2, 0) is 9.59 Å². The molecule has 4 aliphatic rings. The van der Waals surface area contributed by atoms with Crippen molar-refractivity contribution in [2.75, 3.05) is 108 Å². The van der Waals surface area contributed by atoms with Crippen LogP contribution in [0.15, 0.2) is 214 Å². The van der Waals surface area contributed by atoms with Gasteiger partial charge in [0.2, 0.25) is 11.8 Å². The molecule has 2 aliphatic heterocycles. The van der Waals surface area contributed by atoms with Crippen LogP contribution < -0.4 is 81.0 Å². The third-order valence-electron chi connectivity index (χ3n) is 26.1. The van der Waals surface area contributed by atoms with Gasteiger partial charge >= 0.3 is 18.1 Å². The van der Waals surface area contributed by atoms with E-state index >= 15 is 0 Å². The Kier molecular flexibility index (Phi) is 30.8. The molecule has 41 heteroatoms. The second kappa shape index (κ2) is 44.9. The molecule has 17 aromatic rings. The molecule has 150 heavy (non-hydrogen) atoms. The Morgan fingerprint density at radius 2 is 0.687 bits per heavy atom. The van der Waals surface area contributed by atoms with E-state index in [-0.39, 0.29) is 37.3 Å². The number of amides is 8. The number of nitrogens with two attached hydrogens (primary N) is 5. The van der Waals surface area contributed by atoms with E-state index < -0.39 is 54.4 Å². The van der Waals surface area contributed by atoms with Crippen LogP contribution >= 0.6 is 0 Å². The van der Waals surface area contributed by atoms with Gasteiger partial charge in [0.15, 0.2) is 0 Å². The zero-order valence-electron chi connectivity index (χ0n) is 83.8. The van der Waals surface area contributed by atoms with Gasteiger partial charge in [-0.25, -0.2) is 83.0 Å². The fourth-order valence-electron chi connectivity index (χ4n) is 17.4. The van der Waals surface area contributed by atoms with E-state index in [1.807, 2.05) is 150 Å². The van der Waals surface area contributed by atoms with Crippen LogP contribution in [0.1, 0.15) is 100 Å². The van der Waals surface area contributed by atoms with E-state index in [1.54, 1.807) is 94.5 Å². The van der Waals surface area contributed by atoms with Gasteiger partial charge in [-0.05, 0) is 220 Å². The van der Waals surface area contributed by atoms with Gasteiger partial charge in [-0.15, -0.1) is 0 Å². The lowest BCUT2D eigenvalue weighted by Crippen LogP contribution is -2.38. The maximum atomic E-state index is 13.1. The quantitative estimate of drug-likeness (QED) is 0.0337. The smallest absolute Gasteiger partial charge is 0.324 e. The van der Waals surface area contributed by atoms with Crippen LogP contribution in [0.2, 0.25) is 0 Å². The number of nitrogens with zero attached hydrogens (tertiary/aromatic N) is 20. The maximum Gasteiger partial charge on any atom is 0.324 e. The average Bonchev–Trinajstić information content (AvgIpc) is 1.21. The zero-order valence-corrected chi connectivity index (χ0v) is 83.8. The Labute approximate surface area is 860 Å². The summed E-state index contributed by atoms with van der Waals surface area (Å²) >= 11 is 0. The zero-order chi connectivity index (χ0) is 106. The summed E-state index contributed by atoms with van der Waals surface area (Å²) in [5.74, 6) is 5.25. The van der Waals surface area contributed by atoms with Crippen molar-refractivity contribution in [3.8, 4) is 68.4 Å². The molecule has 2 saturated carbocycles. The van der Waals surface area contributed by atoms with Crippen LogP contribution in [0.5, 0.6) is 0 Å². The summed E-state index contributed by atoms with van der Waals surface area (Å²) in [6.45, 7) is 23.7. The lowest BCUT2D eigenvalue weighted by atomic mass is 10.0. The number of urea groups is 3. The maximum absolute atomic E-state index is 13.1. The summed E-state index contributed by atoms with van der Waals surface area (Å²) in [4.78, 5) is 118. The van der Waals surface area contributed by atoms with E-state index in [4.69, 9.17) is 44.3 Å². The predicted octanol–water partition coefficient (Wildman–Crippen LogP) is 18.4. The summed E-state index contributed by atoms with van der Waals surface area (Å²) in [6.07, 6.45) is 18.6. The van der Waals surface area contributed by atoms with Gasteiger partial charge in [0.1, 0.15) is 94.2 Å². The first-order valence-corrected chi connectivity index (χ1v) is 48.7. The molecule has 21 rings (SSSR count). The molecule has 4 fully saturated rings. The average molecular weight is 2020 g/mol. The van der Waals surface area contributed by atoms with Gasteiger partial charge in [-0.2, -0.15) is 20.7 Å². The van der Waals surface area contributed by atoms with E-state index in [2.05, 4.69) is 160 Å². The summed E-state index contributed by atoms with van der Waals surface area (Å²) in [5.41, 5.74) is 45.7. The summed E-state index contributed by atoms with van der Waals surface area (Å²) in [6, 6.07) is 47.9. The summed E-state index contributed by atoms with van der Waals surface area (Å²) in [7, 11) is 0. The summed E-state index contributed by atoms with van der Waals surface area (Å²) < 4.78 is 29.2. The van der Waals surface area contributed by atoms with Crippen LogP contribution in [0.25, 0.3) is 110 Å². The first-order valence-electron chi connectivity index (χ1n) is 48.7. The number of nitrogen functional groups attached to an aromatic ring is 5. The predicted molar refractivity (Wildman–Crippen MR) is 581 cm³/mol. The van der Waals surface area contributed by atoms with Crippen molar-refractivity contribution in [3.63, 3.8) is 0 Å². The van der Waals surface area contributed by atoms with Gasteiger partial charge in [-0.3, -0.25) is 34.9 Å². The van der Waals surface area contributed by atoms with Crippen molar-refractivity contribution in [3.05, 3.63) is 242 Å². The molecule has 3 aromatic carbocycles. The third-order valence-corrected chi connectivity index (χ3v) is 26.1. The lowest BCUT2D eigenvalue weighted by molar-refractivity contribution is -0.118. The van der Waals surface area contributed by atoms with Crippen molar-refractivity contribution in [2.45, 2.75) is 125 Å². The number of halogens is 2. The Bertz CT molecular complexity index is 7750. The van der Waals surface area contributed by atoms with E-state index in [1.165, 1.54) is 34.6 Å². The van der Waals surface area contributed by atoms with Crippen molar-refractivity contribution >= 4 is 165 Å². The fourth-order valence-corrected chi connectivity index (χ4v) is 17.4. The molecule has 2 saturated heterocycles. The number of carbonyl (C=O) groups is 5. The molecular formula is C109H111F2N33O6. The Morgan fingerprint density at radius 1 is 0.393 bits per heavy atom. The number of pyridine rings is 12. The minimum absolute atomic E-state index is 0.138. The molecule has 8 amide bonds. The van der Waals surface area contributed by atoms with Gasteiger partial charge in [0, 0.05) is 124 Å². The number of benzene rings is 3. The number of alkyl halides is 2. The second-order valence-corrected chi connectivity index (χ2v) is 37.8. The molecule has 0 unspecified atom stereocenters. The number of aliphatic hydroxyl groups is 1. The summed E-state index contributed by atoms with van der Waals surface area (Å²) in [5, 5.41) is 64.0. The minimum atomic E-state index is -1.05. The largest absolute Gasteiger partial charge is 0.394 e. The number of hydrogen-bond donors (Lipinski definition) is 14.